The highest BCUT2D eigenvalue weighted by Crippen LogP contribution is 2.35. The molecule has 2 nitrogen and oxygen atoms in total. The summed E-state index contributed by atoms with van der Waals surface area (Å²) in [6.07, 6.45) is 7.87. The van der Waals surface area contributed by atoms with Crippen molar-refractivity contribution in [1.82, 2.24) is 5.32 Å². The summed E-state index contributed by atoms with van der Waals surface area (Å²) in [5.41, 5.74) is 0.530. The lowest BCUT2D eigenvalue weighted by Gasteiger charge is -2.38. The Morgan fingerprint density at radius 2 is 1.94 bits per heavy atom. The van der Waals surface area contributed by atoms with Crippen molar-refractivity contribution in [2.24, 2.45) is 11.3 Å². The van der Waals surface area contributed by atoms with Crippen molar-refractivity contribution in [3.63, 3.8) is 0 Å². The molecule has 0 unspecified atom stereocenters. The van der Waals surface area contributed by atoms with E-state index in [1.165, 1.54) is 45.1 Å². The zero-order valence-electron chi connectivity index (χ0n) is 12.1. The minimum absolute atomic E-state index is 0.530. The summed E-state index contributed by atoms with van der Waals surface area (Å²) >= 11 is 0. The van der Waals surface area contributed by atoms with Crippen LogP contribution in [0.1, 0.15) is 59.3 Å². The number of rotatable bonds is 8. The highest BCUT2D eigenvalue weighted by atomic mass is 16.5. The molecule has 0 saturated carbocycles. The van der Waals surface area contributed by atoms with E-state index in [1.807, 2.05) is 0 Å². The number of hydrogen-bond donors (Lipinski definition) is 1. The van der Waals surface area contributed by atoms with Crippen LogP contribution in [0.15, 0.2) is 0 Å². The van der Waals surface area contributed by atoms with Gasteiger partial charge in [-0.2, -0.15) is 0 Å². The Bertz CT molecular complexity index is 185. The minimum atomic E-state index is 0.530. The third kappa shape index (κ3) is 5.87. The predicted molar refractivity (Wildman–Crippen MR) is 74.3 cm³/mol. The van der Waals surface area contributed by atoms with E-state index in [0.29, 0.717) is 5.41 Å². The molecule has 1 aliphatic heterocycles. The lowest BCUT2D eigenvalue weighted by Crippen LogP contribution is -2.39. The van der Waals surface area contributed by atoms with Gasteiger partial charge in [-0.25, -0.2) is 0 Å². The van der Waals surface area contributed by atoms with Gasteiger partial charge < -0.3 is 10.1 Å². The number of ether oxygens (including phenoxy) is 1. The van der Waals surface area contributed by atoms with E-state index >= 15 is 0 Å². The topological polar surface area (TPSA) is 21.3 Å². The van der Waals surface area contributed by atoms with E-state index < -0.39 is 0 Å². The van der Waals surface area contributed by atoms with Crippen LogP contribution in [0, 0.1) is 11.3 Å². The van der Waals surface area contributed by atoms with E-state index in [4.69, 9.17) is 4.74 Å². The summed E-state index contributed by atoms with van der Waals surface area (Å²) in [7, 11) is 0. The quantitative estimate of drug-likeness (QED) is 0.656. The lowest BCUT2D eigenvalue weighted by atomic mass is 9.75. The predicted octanol–water partition coefficient (Wildman–Crippen LogP) is 3.61. The molecule has 0 aliphatic carbocycles. The molecule has 2 heteroatoms. The van der Waals surface area contributed by atoms with Gasteiger partial charge in [0.15, 0.2) is 0 Å². The van der Waals surface area contributed by atoms with Crippen LogP contribution >= 0.6 is 0 Å². The van der Waals surface area contributed by atoms with Crippen molar-refractivity contribution in [3.8, 4) is 0 Å². The third-order valence-corrected chi connectivity index (χ3v) is 3.97. The van der Waals surface area contributed by atoms with Crippen molar-refractivity contribution in [2.45, 2.75) is 59.3 Å². The van der Waals surface area contributed by atoms with Crippen LogP contribution in [0.5, 0.6) is 0 Å². The summed E-state index contributed by atoms with van der Waals surface area (Å²) < 4.78 is 5.53. The van der Waals surface area contributed by atoms with Crippen molar-refractivity contribution in [1.29, 1.82) is 0 Å². The molecule has 1 N–H and O–H groups in total. The van der Waals surface area contributed by atoms with E-state index in [0.717, 1.165) is 25.7 Å². The van der Waals surface area contributed by atoms with Crippen molar-refractivity contribution in [3.05, 3.63) is 0 Å². The second kappa shape index (κ2) is 8.10. The van der Waals surface area contributed by atoms with Gasteiger partial charge in [0.25, 0.3) is 0 Å². The largest absolute Gasteiger partial charge is 0.381 e. The van der Waals surface area contributed by atoms with Crippen molar-refractivity contribution in [2.75, 3.05) is 26.3 Å². The van der Waals surface area contributed by atoms with Crippen molar-refractivity contribution >= 4 is 0 Å². The summed E-state index contributed by atoms with van der Waals surface area (Å²) in [4.78, 5) is 0. The molecule has 0 atom stereocenters. The first kappa shape index (κ1) is 15.0. The molecule has 1 saturated heterocycles. The van der Waals surface area contributed by atoms with Gasteiger partial charge in [-0.05, 0) is 43.6 Å². The second-order valence-corrected chi connectivity index (χ2v) is 6.08. The standard InChI is InChI=1S/C15H31NO/c1-4-10-16-13-15(7-5-6-14(2)3)8-11-17-12-9-15/h14,16H,4-13H2,1-3H3. The first-order chi connectivity index (χ1) is 8.18. The Labute approximate surface area is 108 Å². The van der Waals surface area contributed by atoms with Crippen LogP contribution in [-0.2, 0) is 4.74 Å². The fraction of sp³-hybridized carbons (Fsp3) is 1.00. The van der Waals surface area contributed by atoms with Crippen LogP contribution in [0.25, 0.3) is 0 Å². The number of hydrogen-bond acceptors (Lipinski definition) is 2. The van der Waals surface area contributed by atoms with Crippen molar-refractivity contribution < 1.29 is 4.74 Å². The Kier molecular flexibility index (Phi) is 7.14. The summed E-state index contributed by atoms with van der Waals surface area (Å²) in [5, 5.41) is 3.63. The molecule has 1 fully saturated rings. The van der Waals surface area contributed by atoms with Crippen LogP contribution in [0.3, 0.4) is 0 Å². The molecule has 0 aromatic carbocycles. The molecule has 0 aromatic rings. The van der Waals surface area contributed by atoms with E-state index in [-0.39, 0.29) is 0 Å². The third-order valence-electron chi connectivity index (χ3n) is 3.97. The lowest BCUT2D eigenvalue weighted by molar-refractivity contribution is 0.00892. The molecule has 0 aromatic heterocycles. The maximum atomic E-state index is 5.53. The van der Waals surface area contributed by atoms with Gasteiger partial charge in [-0.1, -0.05) is 33.6 Å². The van der Waals surface area contributed by atoms with Gasteiger partial charge in [0.1, 0.15) is 0 Å². The van der Waals surface area contributed by atoms with Crippen LogP contribution in [0.2, 0.25) is 0 Å². The summed E-state index contributed by atoms with van der Waals surface area (Å²) in [6.45, 7) is 11.2. The average molecular weight is 241 g/mol. The first-order valence-corrected chi connectivity index (χ1v) is 7.47. The average Bonchev–Trinajstić information content (AvgIpc) is 2.30. The van der Waals surface area contributed by atoms with Gasteiger partial charge in [0.2, 0.25) is 0 Å². The first-order valence-electron chi connectivity index (χ1n) is 7.47. The molecule has 0 amide bonds. The minimum Gasteiger partial charge on any atom is -0.381 e. The Balaban J connectivity index is 2.34. The maximum absolute atomic E-state index is 5.53. The van der Waals surface area contributed by atoms with E-state index in [1.54, 1.807) is 0 Å². The molecular weight excluding hydrogens is 210 g/mol. The van der Waals surface area contributed by atoms with Gasteiger partial charge >= 0.3 is 0 Å². The zero-order chi connectivity index (χ0) is 12.6. The second-order valence-electron chi connectivity index (χ2n) is 6.08. The monoisotopic (exact) mass is 241 g/mol. The SMILES string of the molecule is CCCNCC1(CCCC(C)C)CCOCC1. The Hall–Kier alpha value is -0.0800. The fourth-order valence-corrected chi connectivity index (χ4v) is 2.74. The molecule has 102 valence electrons. The highest BCUT2D eigenvalue weighted by molar-refractivity contribution is 4.84. The summed E-state index contributed by atoms with van der Waals surface area (Å²) in [5.74, 6) is 0.843. The van der Waals surface area contributed by atoms with Crippen LogP contribution in [-0.4, -0.2) is 26.3 Å². The summed E-state index contributed by atoms with van der Waals surface area (Å²) in [6, 6.07) is 0. The molecule has 17 heavy (non-hydrogen) atoms. The normalized spacial score (nSPS) is 19.8. The van der Waals surface area contributed by atoms with Gasteiger partial charge in [0.05, 0.1) is 0 Å². The fourth-order valence-electron chi connectivity index (χ4n) is 2.74. The molecule has 1 rings (SSSR count). The van der Waals surface area contributed by atoms with E-state index in [9.17, 15) is 0 Å². The van der Waals surface area contributed by atoms with Crippen LogP contribution in [0.4, 0.5) is 0 Å². The Morgan fingerprint density at radius 3 is 2.53 bits per heavy atom. The zero-order valence-corrected chi connectivity index (χ0v) is 12.1. The molecule has 0 radical (unpaired) electrons. The van der Waals surface area contributed by atoms with Crippen LogP contribution < -0.4 is 5.32 Å². The van der Waals surface area contributed by atoms with Gasteiger partial charge in [-0.15, -0.1) is 0 Å². The Morgan fingerprint density at radius 1 is 1.24 bits per heavy atom. The molecule has 0 spiro atoms. The van der Waals surface area contributed by atoms with E-state index in [2.05, 4.69) is 26.1 Å². The number of nitrogens with one attached hydrogen (secondary N) is 1. The smallest absolute Gasteiger partial charge is 0.0471 e. The molecule has 0 bridgehead atoms. The van der Waals surface area contributed by atoms with Gasteiger partial charge in [-0.3, -0.25) is 0 Å². The molecular formula is C15H31NO. The molecule has 1 heterocycles. The highest BCUT2D eigenvalue weighted by Gasteiger charge is 2.31. The maximum Gasteiger partial charge on any atom is 0.0471 e. The molecule has 1 aliphatic rings. The van der Waals surface area contributed by atoms with Gasteiger partial charge in [0, 0.05) is 19.8 Å².